The number of thioether (sulfide) groups is 1. The number of aliphatic imine (C=N–C) groups is 1. The summed E-state index contributed by atoms with van der Waals surface area (Å²) in [7, 11) is 0. The van der Waals surface area contributed by atoms with Gasteiger partial charge in [0.1, 0.15) is 0 Å². The van der Waals surface area contributed by atoms with Gasteiger partial charge >= 0.3 is 0 Å². The van der Waals surface area contributed by atoms with Gasteiger partial charge in [-0.15, -0.1) is 0 Å². The van der Waals surface area contributed by atoms with E-state index in [4.69, 9.17) is 0 Å². The Kier molecular flexibility index (Phi) is 3.87. The molecule has 19 heavy (non-hydrogen) atoms. The molecule has 3 nitrogen and oxygen atoms in total. The predicted octanol–water partition coefficient (Wildman–Crippen LogP) is 3.20. The molecule has 0 amide bonds. The number of hydrogen-bond donors (Lipinski definition) is 1. The fourth-order valence-corrected chi connectivity index (χ4v) is 2.89. The largest absolute Gasteiger partial charge is 0.258 e. The summed E-state index contributed by atoms with van der Waals surface area (Å²) >= 11 is 1.76. The minimum absolute atomic E-state index is 0.556. The highest BCUT2D eigenvalue weighted by atomic mass is 32.2. The van der Waals surface area contributed by atoms with Crippen molar-refractivity contribution in [2.45, 2.75) is 38.6 Å². The molecule has 1 saturated carbocycles. The van der Waals surface area contributed by atoms with E-state index in [2.05, 4.69) is 46.7 Å². The average molecular weight is 273 g/mol. The second kappa shape index (κ2) is 5.78. The highest BCUT2D eigenvalue weighted by Crippen LogP contribution is 2.25. The third kappa shape index (κ3) is 3.38. The lowest BCUT2D eigenvalue weighted by molar-refractivity contribution is 0.921. The molecule has 1 fully saturated rings. The molecule has 1 aliphatic carbocycles. The molecule has 1 aromatic rings. The van der Waals surface area contributed by atoms with Crippen molar-refractivity contribution in [1.29, 1.82) is 0 Å². The fraction of sp³-hybridized carbons (Fsp3) is 0.467. The Balaban J connectivity index is 1.67. The minimum Gasteiger partial charge on any atom is -0.258 e. The van der Waals surface area contributed by atoms with Crippen LogP contribution in [-0.4, -0.2) is 22.7 Å². The topological polar surface area (TPSA) is 36.8 Å². The summed E-state index contributed by atoms with van der Waals surface area (Å²) in [4.78, 5) is 4.58. The van der Waals surface area contributed by atoms with E-state index in [1.54, 1.807) is 11.8 Å². The molecule has 1 aromatic carbocycles. The monoisotopic (exact) mass is 273 g/mol. The molecule has 0 aromatic heterocycles. The van der Waals surface area contributed by atoms with Gasteiger partial charge in [-0.2, -0.15) is 5.10 Å². The molecule has 1 N–H and O–H groups in total. The van der Waals surface area contributed by atoms with E-state index in [1.807, 2.05) is 0 Å². The first-order valence-corrected chi connectivity index (χ1v) is 7.96. The van der Waals surface area contributed by atoms with Crippen LogP contribution in [0.3, 0.4) is 0 Å². The van der Waals surface area contributed by atoms with Crippen LogP contribution in [0.4, 0.5) is 0 Å². The van der Waals surface area contributed by atoms with Gasteiger partial charge in [-0.25, -0.2) is 0 Å². The first kappa shape index (κ1) is 12.7. The number of amidine groups is 1. The first-order chi connectivity index (χ1) is 9.35. The van der Waals surface area contributed by atoms with Crippen molar-refractivity contribution in [2.24, 2.45) is 10.1 Å². The number of aryl methyl sites for hydroxylation is 1. The van der Waals surface area contributed by atoms with Crippen molar-refractivity contribution in [1.82, 2.24) is 5.43 Å². The van der Waals surface area contributed by atoms with Crippen molar-refractivity contribution in [3.8, 4) is 0 Å². The second-order valence-electron chi connectivity index (χ2n) is 5.07. The van der Waals surface area contributed by atoms with Gasteiger partial charge in [0, 0.05) is 5.75 Å². The van der Waals surface area contributed by atoms with E-state index < -0.39 is 0 Å². The quantitative estimate of drug-likeness (QED) is 0.914. The van der Waals surface area contributed by atoms with E-state index in [1.165, 1.54) is 30.4 Å². The van der Waals surface area contributed by atoms with Gasteiger partial charge in [0.2, 0.25) is 0 Å². The van der Waals surface area contributed by atoms with Crippen molar-refractivity contribution >= 4 is 22.6 Å². The fourth-order valence-electron chi connectivity index (χ4n) is 2.05. The van der Waals surface area contributed by atoms with Crippen LogP contribution in [0.25, 0.3) is 0 Å². The normalized spacial score (nSPS) is 21.1. The Morgan fingerprint density at radius 3 is 2.68 bits per heavy atom. The summed E-state index contributed by atoms with van der Waals surface area (Å²) in [5, 5.41) is 5.43. The number of hydrazone groups is 1. The minimum atomic E-state index is 0.556. The van der Waals surface area contributed by atoms with Crippen LogP contribution >= 0.6 is 11.8 Å². The summed E-state index contributed by atoms with van der Waals surface area (Å²) in [5.74, 6) is 0.908. The summed E-state index contributed by atoms with van der Waals surface area (Å²) in [6.45, 7) is 2.21. The molecule has 0 bridgehead atoms. The zero-order chi connectivity index (χ0) is 13.1. The Hall–Kier alpha value is -1.29. The van der Waals surface area contributed by atoms with Gasteiger partial charge in [0.05, 0.1) is 11.8 Å². The van der Waals surface area contributed by atoms with Crippen molar-refractivity contribution in [3.05, 3.63) is 35.4 Å². The third-order valence-corrected chi connectivity index (χ3v) is 4.19. The smallest absolute Gasteiger partial charge is 0.177 e. The van der Waals surface area contributed by atoms with Crippen LogP contribution in [0.1, 0.15) is 37.3 Å². The van der Waals surface area contributed by atoms with E-state index in [-0.39, 0.29) is 0 Å². The maximum Gasteiger partial charge on any atom is 0.177 e. The number of hydrogen-bond acceptors (Lipinski definition) is 3. The number of nitrogens with zero attached hydrogens (tertiary/aromatic N) is 2. The third-order valence-electron chi connectivity index (χ3n) is 3.30. The lowest BCUT2D eigenvalue weighted by Gasteiger charge is -2.15. The molecule has 0 spiro atoms. The summed E-state index contributed by atoms with van der Waals surface area (Å²) in [5.41, 5.74) is 6.81. The van der Waals surface area contributed by atoms with Crippen molar-refractivity contribution in [2.75, 3.05) is 5.75 Å². The Morgan fingerprint density at radius 1 is 1.32 bits per heavy atom. The maximum atomic E-state index is 4.58. The molecule has 0 radical (unpaired) electrons. The molecule has 0 saturated heterocycles. The van der Waals surface area contributed by atoms with Gasteiger partial charge < -0.3 is 0 Å². The molecule has 0 unspecified atom stereocenters. The van der Waals surface area contributed by atoms with E-state index in [0.29, 0.717) is 6.04 Å². The second-order valence-corrected chi connectivity index (χ2v) is 6.04. The van der Waals surface area contributed by atoms with Crippen molar-refractivity contribution in [3.63, 3.8) is 0 Å². The van der Waals surface area contributed by atoms with E-state index in [9.17, 15) is 0 Å². The van der Waals surface area contributed by atoms with Gasteiger partial charge in [-0.05, 0) is 30.4 Å². The lowest BCUT2D eigenvalue weighted by atomic mass is 10.1. The van der Waals surface area contributed by atoms with Crippen molar-refractivity contribution < 1.29 is 0 Å². The lowest BCUT2D eigenvalue weighted by Crippen LogP contribution is -2.25. The molecule has 1 aliphatic heterocycles. The number of rotatable bonds is 4. The molecule has 2 aliphatic rings. The van der Waals surface area contributed by atoms with Crippen LogP contribution in [-0.2, 0) is 6.42 Å². The highest BCUT2D eigenvalue weighted by molar-refractivity contribution is 8.14. The Labute approximate surface area is 118 Å². The van der Waals surface area contributed by atoms with E-state index >= 15 is 0 Å². The molecule has 1 heterocycles. The SMILES string of the molecule is CCCc1ccc(C2=NNC(=NC3CC3)SC2)cc1. The molecule has 4 heteroatoms. The number of nitrogens with one attached hydrogen (secondary N) is 1. The van der Waals surface area contributed by atoms with Crippen LogP contribution in [0.5, 0.6) is 0 Å². The number of benzene rings is 1. The van der Waals surface area contributed by atoms with Crippen LogP contribution in [0.2, 0.25) is 0 Å². The molecular weight excluding hydrogens is 254 g/mol. The van der Waals surface area contributed by atoms with Gasteiger partial charge in [-0.3, -0.25) is 10.4 Å². The summed E-state index contributed by atoms with van der Waals surface area (Å²) in [6, 6.07) is 9.32. The summed E-state index contributed by atoms with van der Waals surface area (Å²) in [6.07, 6.45) is 4.82. The zero-order valence-electron chi connectivity index (χ0n) is 11.2. The highest BCUT2D eigenvalue weighted by Gasteiger charge is 2.22. The molecule has 0 atom stereocenters. The molecular formula is C15H19N3S. The standard InChI is InChI=1S/C15H19N3S/c1-2-3-11-4-6-12(7-5-11)14-10-19-15(18-17-14)16-13-8-9-13/h4-7,13H,2-3,8-10H2,1H3,(H,16,18). The average Bonchev–Trinajstić information content (AvgIpc) is 3.25. The zero-order valence-corrected chi connectivity index (χ0v) is 12.0. The Morgan fingerprint density at radius 2 is 2.11 bits per heavy atom. The molecule has 3 rings (SSSR count). The molecule has 100 valence electrons. The van der Waals surface area contributed by atoms with Crippen LogP contribution in [0.15, 0.2) is 34.4 Å². The van der Waals surface area contributed by atoms with Gasteiger partial charge in [0.15, 0.2) is 5.17 Å². The van der Waals surface area contributed by atoms with E-state index in [0.717, 1.165) is 23.1 Å². The van der Waals surface area contributed by atoms with Crippen LogP contribution < -0.4 is 5.43 Å². The van der Waals surface area contributed by atoms with Crippen LogP contribution in [0, 0.1) is 0 Å². The van der Waals surface area contributed by atoms with Gasteiger partial charge in [-0.1, -0.05) is 49.4 Å². The predicted molar refractivity (Wildman–Crippen MR) is 83.0 cm³/mol. The van der Waals surface area contributed by atoms with Gasteiger partial charge in [0.25, 0.3) is 0 Å². The summed E-state index contributed by atoms with van der Waals surface area (Å²) < 4.78 is 0. The maximum absolute atomic E-state index is 4.58. The Bertz CT molecular complexity index is 501. The first-order valence-electron chi connectivity index (χ1n) is 6.97.